The molecule has 20 heavy (non-hydrogen) atoms. The van der Waals surface area contributed by atoms with Gasteiger partial charge >= 0.3 is 0 Å². The molecule has 116 valence electrons. The van der Waals surface area contributed by atoms with Crippen LogP contribution in [0.3, 0.4) is 0 Å². The molecule has 1 heterocycles. The molecule has 1 aliphatic heterocycles. The molecule has 1 atom stereocenters. The average molecular weight is 301 g/mol. The van der Waals surface area contributed by atoms with E-state index in [-0.39, 0.29) is 18.3 Å². The van der Waals surface area contributed by atoms with Crippen molar-refractivity contribution < 1.29 is 4.79 Å². The minimum Gasteiger partial charge on any atom is -0.352 e. The molecule has 0 aromatic carbocycles. The first-order valence-corrected chi connectivity index (χ1v) is 7.91. The molecule has 4 heteroatoms. The van der Waals surface area contributed by atoms with E-state index in [0.717, 1.165) is 32.0 Å². The Morgan fingerprint density at radius 1 is 1.40 bits per heavy atom. The van der Waals surface area contributed by atoms with Gasteiger partial charge in [0, 0.05) is 19.5 Å². The predicted octanol–water partition coefficient (Wildman–Crippen LogP) is 3.05. The van der Waals surface area contributed by atoms with Gasteiger partial charge in [-0.05, 0) is 24.8 Å². The first-order valence-electron chi connectivity index (χ1n) is 7.91. The van der Waals surface area contributed by atoms with Crippen molar-refractivity contribution in [1.29, 1.82) is 0 Å². The molecule has 1 aliphatic carbocycles. The first kappa shape index (κ1) is 17.5. The molecule has 1 amide bonds. The highest BCUT2D eigenvalue weighted by Crippen LogP contribution is 2.31. The van der Waals surface area contributed by atoms with E-state index in [1.54, 1.807) is 0 Å². The summed E-state index contributed by atoms with van der Waals surface area (Å²) in [5, 5.41) is 6.38. The van der Waals surface area contributed by atoms with Gasteiger partial charge in [0.1, 0.15) is 0 Å². The SMILES string of the molecule is CC(CC(=O)NCC1=CCNCC1)C1CCCCC1.Cl. The molecule has 2 N–H and O–H groups in total. The predicted molar refractivity (Wildman–Crippen MR) is 86.2 cm³/mol. The Balaban J connectivity index is 0.00000200. The summed E-state index contributed by atoms with van der Waals surface area (Å²) in [5.41, 5.74) is 1.37. The number of hydrogen-bond acceptors (Lipinski definition) is 2. The van der Waals surface area contributed by atoms with E-state index in [9.17, 15) is 4.79 Å². The Bertz CT molecular complexity index is 324. The molecule has 0 radical (unpaired) electrons. The molecule has 2 rings (SSSR count). The second-order valence-electron chi connectivity index (χ2n) is 6.17. The fraction of sp³-hybridized carbons (Fsp3) is 0.812. The summed E-state index contributed by atoms with van der Waals surface area (Å²) >= 11 is 0. The highest BCUT2D eigenvalue weighted by Gasteiger charge is 2.22. The molecule has 3 nitrogen and oxygen atoms in total. The summed E-state index contributed by atoms with van der Waals surface area (Å²) in [6.45, 7) is 4.99. The third-order valence-electron chi connectivity index (χ3n) is 4.63. The Morgan fingerprint density at radius 2 is 2.15 bits per heavy atom. The highest BCUT2D eigenvalue weighted by molar-refractivity contribution is 5.85. The maximum Gasteiger partial charge on any atom is 0.220 e. The van der Waals surface area contributed by atoms with Crippen molar-refractivity contribution in [2.24, 2.45) is 11.8 Å². The smallest absolute Gasteiger partial charge is 0.220 e. The van der Waals surface area contributed by atoms with E-state index in [1.165, 1.54) is 37.7 Å². The van der Waals surface area contributed by atoms with E-state index in [0.29, 0.717) is 12.3 Å². The van der Waals surface area contributed by atoms with Gasteiger partial charge in [0.2, 0.25) is 5.91 Å². The van der Waals surface area contributed by atoms with Gasteiger partial charge in [0.15, 0.2) is 0 Å². The molecule has 0 spiro atoms. The normalized spacial score (nSPS) is 21.6. The summed E-state index contributed by atoms with van der Waals surface area (Å²) in [6.07, 6.45) is 10.7. The quantitative estimate of drug-likeness (QED) is 0.766. The van der Waals surface area contributed by atoms with Crippen LogP contribution in [0.4, 0.5) is 0 Å². The van der Waals surface area contributed by atoms with Gasteiger partial charge in [-0.3, -0.25) is 4.79 Å². The number of nitrogens with one attached hydrogen (secondary N) is 2. The summed E-state index contributed by atoms with van der Waals surface area (Å²) in [7, 11) is 0. The average Bonchev–Trinajstić information content (AvgIpc) is 2.47. The minimum absolute atomic E-state index is 0. The van der Waals surface area contributed by atoms with Crippen molar-refractivity contribution in [3.63, 3.8) is 0 Å². The molecule has 2 aliphatic rings. The lowest BCUT2D eigenvalue weighted by atomic mass is 9.79. The minimum atomic E-state index is 0. The zero-order valence-corrected chi connectivity index (χ0v) is 13.4. The lowest BCUT2D eigenvalue weighted by Gasteiger charge is -2.27. The maximum absolute atomic E-state index is 12.0. The number of carbonyl (C=O) groups is 1. The van der Waals surface area contributed by atoms with Gasteiger partial charge in [-0.25, -0.2) is 0 Å². The Kier molecular flexibility index (Phi) is 8.24. The van der Waals surface area contributed by atoms with Crippen LogP contribution in [0.5, 0.6) is 0 Å². The topological polar surface area (TPSA) is 41.1 Å². The van der Waals surface area contributed by atoms with Crippen molar-refractivity contribution in [2.45, 2.75) is 51.9 Å². The van der Waals surface area contributed by atoms with Crippen LogP contribution in [-0.2, 0) is 4.79 Å². The Morgan fingerprint density at radius 3 is 2.80 bits per heavy atom. The molecule has 1 fully saturated rings. The number of rotatable bonds is 5. The van der Waals surface area contributed by atoms with Gasteiger partial charge in [-0.1, -0.05) is 50.7 Å². The van der Waals surface area contributed by atoms with Crippen molar-refractivity contribution in [2.75, 3.05) is 19.6 Å². The van der Waals surface area contributed by atoms with Gasteiger partial charge in [-0.15, -0.1) is 12.4 Å². The second-order valence-corrected chi connectivity index (χ2v) is 6.17. The van der Waals surface area contributed by atoms with Crippen LogP contribution in [0.15, 0.2) is 11.6 Å². The number of carbonyl (C=O) groups excluding carboxylic acids is 1. The van der Waals surface area contributed by atoms with Gasteiger partial charge in [-0.2, -0.15) is 0 Å². The van der Waals surface area contributed by atoms with Crippen molar-refractivity contribution >= 4 is 18.3 Å². The zero-order valence-electron chi connectivity index (χ0n) is 12.6. The summed E-state index contributed by atoms with van der Waals surface area (Å²) < 4.78 is 0. The number of amides is 1. The second kappa shape index (κ2) is 9.41. The van der Waals surface area contributed by atoms with E-state index >= 15 is 0 Å². The van der Waals surface area contributed by atoms with Gasteiger partial charge in [0.25, 0.3) is 0 Å². The lowest BCUT2D eigenvalue weighted by molar-refractivity contribution is -0.122. The third-order valence-corrected chi connectivity index (χ3v) is 4.63. The molecular weight excluding hydrogens is 272 g/mol. The van der Waals surface area contributed by atoms with E-state index in [4.69, 9.17) is 0 Å². The lowest BCUT2D eigenvalue weighted by Crippen LogP contribution is -2.31. The maximum atomic E-state index is 12.0. The molecule has 0 aromatic heterocycles. The molecule has 1 unspecified atom stereocenters. The molecular formula is C16H29ClN2O. The van der Waals surface area contributed by atoms with E-state index in [1.807, 2.05) is 0 Å². The van der Waals surface area contributed by atoms with Crippen LogP contribution < -0.4 is 10.6 Å². The van der Waals surface area contributed by atoms with Crippen molar-refractivity contribution in [1.82, 2.24) is 10.6 Å². The van der Waals surface area contributed by atoms with Crippen LogP contribution in [0.1, 0.15) is 51.9 Å². The van der Waals surface area contributed by atoms with Crippen LogP contribution in [0, 0.1) is 11.8 Å². The highest BCUT2D eigenvalue weighted by atomic mass is 35.5. The number of halogens is 1. The van der Waals surface area contributed by atoms with Gasteiger partial charge in [0.05, 0.1) is 0 Å². The number of hydrogen-bond donors (Lipinski definition) is 2. The van der Waals surface area contributed by atoms with Crippen LogP contribution >= 0.6 is 12.4 Å². The van der Waals surface area contributed by atoms with Crippen LogP contribution in [0.25, 0.3) is 0 Å². The first-order chi connectivity index (χ1) is 9.25. The standard InChI is InChI=1S/C16H28N2O.ClH/c1-13(15-5-3-2-4-6-15)11-16(19)18-12-14-7-9-17-10-8-14;/h7,13,15,17H,2-6,8-12H2,1H3,(H,18,19);1H. The monoisotopic (exact) mass is 300 g/mol. The fourth-order valence-electron chi connectivity index (χ4n) is 3.28. The van der Waals surface area contributed by atoms with Crippen LogP contribution in [0.2, 0.25) is 0 Å². The van der Waals surface area contributed by atoms with E-state index in [2.05, 4.69) is 23.6 Å². The summed E-state index contributed by atoms with van der Waals surface area (Å²) in [5.74, 6) is 1.55. The Hall–Kier alpha value is -0.540. The fourth-order valence-corrected chi connectivity index (χ4v) is 3.28. The Labute approximate surface area is 129 Å². The van der Waals surface area contributed by atoms with Crippen molar-refractivity contribution in [3.8, 4) is 0 Å². The third kappa shape index (κ3) is 5.84. The summed E-state index contributed by atoms with van der Waals surface area (Å²) in [6, 6.07) is 0. The molecule has 0 saturated heterocycles. The van der Waals surface area contributed by atoms with E-state index < -0.39 is 0 Å². The molecule has 0 bridgehead atoms. The van der Waals surface area contributed by atoms with Crippen molar-refractivity contribution in [3.05, 3.63) is 11.6 Å². The zero-order chi connectivity index (χ0) is 13.5. The molecule has 1 saturated carbocycles. The molecule has 0 aromatic rings. The van der Waals surface area contributed by atoms with Gasteiger partial charge < -0.3 is 10.6 Å². The van der Waals surface area contributed by atoms with Crippen LogP contribution in [-0.4, -0.2) is 25.5 Å². The largest absolute Gasteiger partial charge is 0.352 e. The summed E-state index contributed by atoms with van der Waals surface area (Å²) in [4.78, 5) is 12.0.